The fourth-order valence-electron chi connectivity index (χ4n) is 4.32. The second-order valence-corrected chi connectivity index (χ2v) is 7.96. The summed E-state index contributed by atoms with van der Waals surface area (Å²) in [5.41, 5.74) is 10.1. The SMILES string of the molecule is NC(=O)c1cccc(-c2nccnc2C2CCCN(CCCc3ccccc3)C2)c1. The lowest BCUT2D eigenvalue weighted by Crippen LogP contribution is -2.35. The normalized spacial score (nSPS) is 17.0. The van der Waals surface area contributed by atoms with Crippen LogP contribution in [0.3, 0.4) is 0 Å². The van der Waals surface area contributed by atoms with Crippen LogP contribution in [0.5, 0.6) is 0 Å². The summed E-state index contributed by atoms with van der Waals surface area (Å²) in [6.45, 7) is 3.23. The lowest BCUT2D eigenvalue weighted by Gasteiger charge is -2.33. The third-order valence-electron chi connectivity index (χ3n) is 5.82. The predicted molar refractivity (Wildman–Crippen MR) is 119 cm³/mol. The fourth-order valence-corrected chi connectivity index (χ4v) is 4.32. The summed E-state index contributed by atoms with van der Waals surface area (Å²) in [5, 5.41) is 0. The van der Waals surface area contributed by atoms with Crippen molar-refractivity contribution >= 4 is 5.91 Å². The molecular formula is C25H28N4O. The zero-order valence-electron chi connectivity index (χ0n) is 17.2. The van der Waals surface area contributed by atoms with Gasteiger partial charge in [0.15, 0.2) is 0 Å². The number of nitrogens with zero attached hydrogens (tertiary/aromatic N) is 3. The Hall–Kier alpha value is -3.05. The highest BCUT2D eigenvalue weighted by atomic mass is 16.1. The molecule has 0 radical (unpaired) electrons. The Bertz CT molecular complexity index is 989. The van der Waals surface area contributed by atoms with Gasteiger partial charge in [0.1, 0.15) is 0 Å². The minimum absolute atomic E-state index is 0.344. The summed E-state index contributed by atoms with van der Waals surface area (Å²) in [6.07, 6.45) is 8.02. The molecule has 1 amide bonds. The topological polar surface area (TPSA) is 72.1 Å². The van der Waals surface area contributed by atoms with Crippen LogP contribution in [0.4, 0.5) is 0 Å². The maximum atomic E-state index is 11.6. The van der Waals surface area contributed by atoms with Crippen molar-refractivity contribution in [3.8, 4) is 11.3 Å². The number of carbonyl (C=O) groups is 1. The van der Waals surface area contributed by atoms with Gasteiger partial charge in [-0.3, -0.25) is 14.8 Å². The van der Waals surface area contributed by atoms with Crippen LogP contribution in [-0.4, -0.2) is 40.4 Å². The highest BCUT2D eigenvalue weighted by Gasteiger charge is 2.25. The monoisotopic (exact) mass is 400 g/mol. The number of primary amides is 1. The van der Waals surface area contributed by atoms with Gasteiger partial charge in [-0.1, -0.05) is 42.5 Å². The molecule has 2 N–H and O–H groups in total. The Labute approximate surface area is 178 Å². The van der Waals surface area contributed by atoms with Gasteiger partial charge in [0.2, 0.25) is 5.91 Å². The Balaban J connectivity index is 1.46. The predicted octanol–water partition coefficient (Wildman–Crippen LogP) is 4.05. The lowest BCUT2D eigenvalue weighted by molar-refractivity contribution is 0.100. The molecule has 154 valence electrons. The molecular weight excluding hydrogens is 372 g/mol. The number of piperidine rings is 1. The van der Waals surface area contributed by atoms with Crippen molar-refractivity contribution in [1.29, 1.82) is 0 Å². The second kappa shape index (κ2) is 9.63. The van der Waals surface area contributed by atoms with E-state index in [4.69, 9.17) is 10.7 Å². The number of likely N-dealkylation sites (tertiary alicyclic amines) is 1. The van der Waals surface area contributed by atoms with Crippen molar-refractivity contribution in [3.63, 3.8) is 0 Å². The first-order valence-electron chi connectivity index (χ1n) is 10.7. The standard InChI is InChI=1S/C25H28N4O/c26-25(30)21-11-4-10-20(17-21)23-24(28-14-13-27-23)22-12-6-16-29(18-22)15-5-9-19-7-2-1-3-8-19/h1-4,7-8,10-11,13-14,17,22H,5-6,9,12,15-16,18H2,(H2,26,30). The van der Waals surface area contributed by atoms with E-state index in [9.17, 15) is 4.79 Å². The fraction of sp³-hybridized carbons (Fsp3) is 0.320. The molecule has 1 atom stereocenters. The summed E-state index contributed by atoms with van der Waals surface area (Å²) in [6, 6.07) is 18.1. The number of aryl methyl sites for hydroxylation is 1. The molecule has 1 aliphatic rings. The number of hydrogen-bond acceptors (Lipinski definition) is 4. The number of aromatic nitrogens is 2. The van der Waals surface area contributed by atoms with Crippen LogP contribution in [0.2, 0.25) is 0 Å². The molecule has 3 aromatic rings. The Morgan fingerprint density at radius 3 is 2.73 bits per heavy atom. The molecule has 5 nitrogen and oxygen atoms in total. The van der Waals surface area contributed by atoms with E-state index in [2.05, 4.69) is 40.2 Å². The Morgan fingerprint density at radius 2 is 1.90 bits per heavy atom. The van der Waals surface area contributed by atoms with Crippen molar-refractivity contribution in [1.82, 2.24) is 14.9 Å². The molecule has 1 aromatic heterocycles. The van der Waals surface area contributed by atoms with E-state index in [-0.39, 0.29) is 0 Å². The third kappa shape index (κ3) is 4.92. The molecule has 4 rings (SSSR count). The molecule has 1 saturated heterocycles. The zero-order chi connectivity index (χ0) is 20.8. The maximum Gasteiger partial charge on any atom is 0.248 e. The molecule has 1 aliphatic heterocycles. The van der Waals surface area contributed by atoms with Crippen LogP contribution in [0.25, 0.3) is 11.3 Å². The first kappa shape index (κ1) is 20.2. The largest absolute Gasteiger partial charge is 0.366 e. The van der Waals surface area contributed by atoms with E-state index in [0.29, 0.717) is 11.5 Å². The number of rotatable bonds is 7. The summed E-state index contributed by atoms with van der Waals surface area (Å²) in [7, 11) is 0. The van der Waals surface area contributed by atoms with Gasteiger partial charge in [-0.05, 0) is 56.5 Å². The number of benzene rings is 2. The second-order valence-electron chi connectivity index (χ2n) is 7.96. The van der Waals surface area contributed by atoms with Crippen LogP contribution in [-0.2, 0) is 6.42 Å². The molecule has 0 bridgehead atoms. The van der Waals surface area contributed by atoms with Crippen LogP contribution in [0, 0.1) is 0 Å². The highest BCUT2D eigenvalue weighted by molar-refractivity contribution is 5.94. The average Bonchev–Trinajstić information content (AvgIpc) is 2.80. The van der Waals surface area contributed by atoms with Crippen LogP contribution in [0.15, 0.2) is 67.0 Å². The van der Waals surface area contributed by atoms with Gasteiger partial charge in [-0.25, -0.2) is 0 Å². The van der Waals surface area contributed by atoms with Crippen molar-refractivity contribution in [3.05, 3.63) is 83.8 Å². The first-order chi connectivity index (χ1) is 14.7. The molecule has 5 heteroatoms. The molecule has 0 aliphatic carbocycles. The van der Waals surface area contributed by atoms with E-state index in [1.54, 1.807) is 18.5 Å². The van der Waals surface area contributed by atoms with Crippen molar-refractivity contribution in [2.75, 3.05) is 19.6 Å². The number of amides is 1. The van der Waals surface area contributed by atoms with Crippen molar-refractivity contribution in [2.45, 2.75) is 31.6 Å². The summed E-state index contributed by atoms with van der Waals surface area (Å²) < 4.78 is 0. The Kier molecular flexibility index (Phi) is 6.50. The molecule has 0 spiro atoms. The van der Waals surface area contributed by atoms with E-state index in [1.807, 2.05) is 18.2 Å². The van der Waals surface area contributed by atoms with Crippen LogP contribution in [0.1, 0.15) is 46.8 Å². The quantitative estimate of drug-likeness (QED) is 0.649. The maximum absolute atomic E-state index is 11.6. The minimum Gasteiger partial charge on any atom is -0.366 e. The zero-order valence-corrected chi connectivity index (χ0v) is 17.2. The Morgan fingerprint density at radius 1 is 1.07 bits per heavy atom. The molecule has 2 heterocycles. The molecule has 30 heavy (non-hydrogen) atoms. The van der Waals surface area contributed by atoms with E-state index in [0.717, 1.165) is 62.3 Å². The van der Waals surface area contributed by atoms with Gasteiger partial charge < -0.3 is 10.6 Å². The average molecular weight is 401 g/mol. The van der Waals surface area contributed by atoms with Crippen molar-refractivity contribution in [2.24, 2.45) is 5.73 Å². The van der Waals surface area contributed by atoms with Gasteiger partial charge in [0.05, 0.1) is 11.4 Å². The highest BCUT2D eigenvalue weighted by Crippen LogP contribution is 2.32. The van der Waals surface area contributed by atoms with E-state index < -0.39 is 5.91 Å². The van der Waals surface area contributed by atoms with Crippen LogP contribution < -0.4 is 5.73 Å². The van der Waals surface area contributed by atoms with E-state index >= 15 is 0 Å². The molecule has 1 fully saturated rings. The molecule has 2 aromatic carbocycles. The van der Waals surface area contributed by atoms with Crippen molar-refractivity contribution < 1.29 is 4.79 Å². The lowest BCUT2D eigenvalue weighted by atomic mass is 9.91. The van der Waals surface area contributed by atoms with Crippen LogP contribution >= 0.6 is 0 Å². The summed E-state index contributed by atoms with van der Waals surface area (Å²) in [4.78, 5) is 23.5. The van der Waals surface area contributed by atoms with Gasteiger partial charge in [0, 0.05) is 36.0 Å². The smallest absolute Gasteiger partial charge is 0.248 e. The number of carbonyl (C=O) groups excluding carboxylic acids is 1. The third-order valence-corrected chi connectivity index (χ3v) is 5.82. The van der Waals surface area contributed by atoms with E-state index in [1.165, 1.54) is 5.56 Å². The summed E-state index contributed by atoms with van der Waals surface area (Å²) in [5.74, 6) is -0.0824. The molecule has 1 unspecified atom stereocenters. The summed E-state index contributed by atoms with van der Waals surface area (Å²) >= 11 is 0. The van der Waals surface area contributed by atoms with Gasteiger partial charge >= 0.3 is 0 Å². The first-order valence-corrected chi connectivity index (χ1v) is 10.7. The molecule has 0 saturated carbocycles. The van der Waals surface area contributed by atoms with Gasteiger partial charge in [0.25, 0.3) is 0 Å². The van der Waals surface area contributed by atoms with Gasteiger partial charge in [-0.15, -0.1) is 0 Å². The number of hydrogen-bond donors (Lipinski definition) is 1. The number of nitrogens with two attached hydrogens (primary N) is 1. The van der Waals surface area contributed by atoms with Gasteiger partial charge in [-0.2, -0.15) is 0 Å². The minimum atomic E-state index is -0.426.